The Kier molecular flexibility index (Phi) is 5.87. The summed E-state index contributed by atoms with van der Waals surface area (Å²) in [6.45, 7) is 7.81. The molecule has 1 aromatic carbocycles. The van der Waals surface area contributed by atoms with Crippen LogP contribution in [-0.4, -0.2) is 28.0 Å². The predicted molar refractivity (Wildman–Crippen MR) is 102 cm³/mol. The van der Waals surface area contributed by atoms with Gasteiger partial charge in [0, 0.05) is 24.0 Å². The van der Waals surface area contributed by atoms with E-state index in [1.165, 1.54) is 31.5 Å². The fourth-order valence-corrected chi connectivity index (χ4v) is 3.26. The Labute approximate surface area is 149 Å². The highest BCUT2D eigenvalue weighted by atomic mass is 16.1. The van der Waals surface area contributed by atoms with Gasteiger partial charge < -0.3 is 5.32 Å². The zero-order valence-corrected chi connectivity index (χ0v) is 15.2. The maximum Gasteiger partial charge on any atom is 0.252 e. The maximum absolute atomic E-state index is 11.7. The number of anilines is 2. The van der Waals surface area contributed by atoms with E-state index in [0.717, 1.165) is 36.7 Å². The van der Waals surface area contributed by atoms with E-state index in [1.807, 2.05) is 12.1 Å². The highest BCUT2D eigenvalue weighted by Gasteiger charge is 2.15. The van der Waals surface area contributed by atoms with Crippen molar-refractivity contribution in [1.29, 1.82) is 0 Å². The second-order valence-electron chi connectivity index (χ2n) is 7.12. The summed E-state index contributed by atoms with van der Waals surface area (Å²) in [6, 6.07) is 9.96. The van der Waals surface area contributed by atoms with Crippen molar-refractivity contribution in [2.24, 2.45) is 5.92 Å². The second-order valence-corrected chi connectivity index (χ2v) is 7.12. The summed E-state index contributed by atoms with van der Waals surface area (Å²) in [7, 11) is 0. The van der Waals surface area contributed by atoms with Crippen LogP contribution in [0.4, 0.5) is 11.6 Å². The van der Waals surface area contributed by atoms with Gasteiger partial charge in [0.15, 0.2) is 0 Å². The third-order valence-corrected chi connectivity index (χ3v) is 4.80. The number of nitrogens with zero attached hydrogens (tertiary/aromatic N) is 2. The molecule has 0 atom stereocenters. The van der Waals surface area contributed by atoms with Crippen molar-refractivity contribution < 1.29 is 0 Å². The first-order valence-electron chi connectivity index (χ1n) is 9.31. The molecule has 1 fully saturated rings. The molecule has 0 unspecified atom stereocenters. The van der Waals surface area contributed by atoms with Crippen LogP contribution in [0.25, 0.3) is 0 Å². The fraction of sp³-hybridized carbons (Fsp3) is 0.500. The average molecular weight is 340 g/mol. The molecule has 2 aromatic rings. The highest BCUT2D eigenvalue weighted by molar-refractivity contribution is 5.53. The molecule has 3 rings (SSSR count). The molecule has 2 heterocycles. The lowest BCUT2D eigenvalue weighted by Gasteiger charge is -2.30. The van der Waals surface area contributed by atoms with Gasteiger partial charge in [0.1, 0.15) is 0 Å². The minimum atomic E-state index is -0.114. The third-order valence-electron chi connectivity index (χ3n) is 4.80. The van der Waals surface area contributed by atoms with Crippen LogP contribution < -0.4 is 10.9 Å². The van der Waals surface area contributed by atoms with E-state index in [2.05, 4.69) is 46.2 Å². The largest absolute Gasteiger partial charge is 0.326 e. The van der Waals surface area contributed by atoms with Gasteiger partial charge in [-0.05, 0) is 56.0 Å². The molecular weight excluding hydrogens is 312 g/mol. The first-order chi connectivity index (χ1) is 12.1. The molecule has 1 aliphatic heterocycles. The summed E-state index contributed by atoms with van der Waals surface area (Å²) < 4.78 is 0. The quantitative estimate of drug-likeness (QED) is 0.842. The fourth-order valence-electron chi connectivity index (χ4n) is 3.26. The number of nitrogens with one attached hydrogen (secondary N) is 2. The molecule has 0 amide bonds. The van der Waals surface area contributed by atoms with Gasteiger partial charge in [-0.3, -0.25) is 14.7 Å². The van der Waals surface area contributed by atoms with E-state index in [4.69, 9.17) is 0 Å². The number of aromatic nitrogens is 2. The Balaban J connectivity index is 1.62. The lowest BCUT2D eigenvalue weighted by atomic mass is 9.99. The predicted octanol–water partition coefficient (Wildman–Crippen LogP) is 3.70. The van der Waals surface area contributed by atoms with Crippen molar-refractivity contribution in [1.82, 2.24) is 14.9 Å². The van der Waals surface area contributed by atoms with E-state index >= 15 is 0 Å². The number of hydrogen-bond acceptors (Lipinski definition) is 4. The number of likely N-dealkylation sites (tertiary alicyclic amines) is 1. The molecule has 2 N–H and O–H groups in total. The Morgan fingerprint density at radius 2 is 1.96 bits per heavy atom. The van der Waals surface area contributed by atoms with E-state index in [9.17, 15) is 4.79 Å². The Hall–Kier alpha value is -2.14. The SMILES string of the molecule is CCCc1cc(=O)[nH]c(Nc2ccc(CN3CCC(C)CC3)cc2)n1. The summed E-state index contributed by atoms with van der Waals surface area (Å²) in [4.78, 5) is 21.5. The molecule has 1 aromatic heterocycles. The Morgan fingerprint density at radius 1 is 1.24 bits per heavy atom. The van der Waals surface area contributed by atoms with Crippen LogP contribution in [-0.2, 0) is 13.0 Å². The molecule has 0 spiro atoms. The first kappa shape index (κ1) is 17.7. The topological polar surface area (TPSA) is 61.0 Å². The minimum absolute atomic E-state index is 0.114. The van der Waals surface area contributed by atoms with Crippen LogP contribution in [0, 0.1) is 5.92 Å². The minimum Gasteiger partial charge on any atom is -0.326 e. The lowest BCUT2D eigenvalue weighted by Crippen LogP contribution is -2.32. The number of aromatic amines is 1. The van der Waals surface area contributed by atoms with Crippen molar-refractivity contribution in [2.75, 3.05) is 18.4 Å². The maximum atomic E-state index is 11.7. The van der Waals surface area contributed by atoms with Gasteiger partial charge in [0.25, 0.3) is 5.56 Å². The van der Waals surface area contributed by atoms with E-state index in [-0.39, 0.29) is 5.56 Å². The number of aryl methyl sites for hydroxylation is 1. The molecule has 134 valence electrons. The van der Waals surface area contributed by atoms with Gasteiger partial charge in [-0.15, -0.1) is 0 Å². The summed E-state index contributed by atoms with van der Waals surface area (Å²) in [6.07, 6.45) is 4.38. The van der Waals surface area contributed by atoms with Crippen LogP contribution in [0.15, 0.2) is 35.1 Å². The zero-order valence-electron chi connectivity index (χ0n) is 15.2. The van der Waals surface area contributed by atoms with Gasteiger partial charge in [0.2, 0.25) is 5.95 Å². The average Bonchev–Trinajstić information content (AvgIpc) is 2.58. The summed E-state index contributed by atoms with van der Waals surface area (Å²) in [5, 5.41) is 3.20. The number of hydrogen-bond donors (Lipinski definition) is 2. The number of H-pyrrole nitrogens is 1. The molecule has 1 aliphatic rings. The van der Waals surface area contributed by atoms with Gasteiger partial charge >= 0.3 is 0 Å². The van der Waals surface area contributed by atoms with Gasteiger partial charge in [-0.1, -0.05) is 32.4 Å². The monoisotopic (exact) mass is 340 g/mol. The zero-order chi connectivity index (χ0) is 17.6. The summed E-state index contributed by atoms with van der Waals surface area (Å²) in [5.41, 5.74) is 2.97. The molecule has 0 saturated carbocycles. The molecule has 25 heavy (non-hydrogen) atoms. The lowest BCUT2D eigenvalue weighted by molar-refractivity contribution is 0.185. The molecule has 0 radical (unpaired) electrons. The van der Waals surface area contributed by atoms with E-state index < -0.39 is 0 Å². The van der Waals surface area contributed by atoms with Crippen LogP contribution in [0.1, 0.15) is 44.4 Å². The number of rotatable bonds is 6. The van der Waals surface area contributed by atoms with Gasteiger partial charge in [0.05, 0.1) is 0 Å². The van der Waals surface area contributed by atoms with Crippen LogP contribution >= 0.6 is 0 Å². The summed E-state index contributed by atoms with van der Waals surface area (Å²) >= 11 is 0. The Bertz CT molecular complexity index is 730. The first-order valence-corrected chi connectivity index (χ1v) is 9.31. The van der Waals surface area contributed by atoms with Crippen molar-refractivity contribution in [3.63, 3.8) is 0 Å². The smallest absolute Gasteiger partial charge is 0.252 e. The molecule has 1 saturated heterocycles. The number of benzene rings is 1. The third kappa shape index (κ3) is 5.16. The van der Waals surface area contributed by atoms with Crippen LogP contribution in [0.5, 0.6) is 0 Å². The van der Waals surface area contributed by atoms with Gasteiger partial charge in [-0.25, -0.2) is 4.98 Å². The molecular formula is C20H28N4O. The van der Waals surface area contributed by atoms with Crippen molar-refractivity contribution in [3.8, 4) is 0 Å². The van der Waals surface area contributed by atoms with Crippen molar-refractivity contribution in [3.05, 3.63) is 51.9 Å². The van der Waals surface area contributed by atoms with E-state index in [1.54, 1.807) is 6.07 Å². The molecule has 0 bridgehead atoms. The second kappa shape index (κ2) is 8.30. The molecule has 0 aliphatic carbocycles. The standard InChI is InChI=1S/C20H28N4O/c1-3-4-18-13-19(25)23-20(22-18)21-17-7-5-16(6-8-17)14-24-11-9-15(2)10-12-24/h5-8,13,15H,3-4,9-12,14H2,1-2H3,(H2,21,22,23,25). The molecule has 5 nitrogen and oxygen atoms in total. The van der Waals surface area contributed by atoms with E-state index in [0.29, 0.717) is 5.95 Å². The number of piperidine rings is 1. The van der Waals surface area contributed by atoms with Crippen molar-refractivity contribution in [2.45, 2.75) is 46.1 Å². The van der Waals surface area contributed by atoms with Crippen LogP contribution in [0.3, 0.4) is 0 Å². The Morgan fingerprint density at radius 3 is 2.64 bits per heavy atom. The highest BCUT2D eigenvalue weighted by Crippen LogP contribution is 2.19. The van der Waals surface area contributed by atoms with Crippen LogP contribution in [0.2, 0.25) is 0 Å². The molecule has 5 heteroatoms. The summed E-state index contributed by atoms with van der Waals surface area (Å²) in [5.74, 6) is 1.37. The van der Waals surface area contributed by atoms with Crippen molar-refractivity contribution >= 4 is 11.6 Å². The normalized spacial score (nSPS) is 16.1. The van der Waals surface area contributed by atoms with Gasteiger partial charge in [-0.2, -0.15) is 0 Å².